The highest BCUT2D eigenvalue weighted by molar-refractivity contribution is 6.30. The third-order valence-corrected chi connectivity index (χ3v) is 3.26. The molecule has 2 nitrogen and oxygen atoms in total. The minimum absolute atomic E-state index is 0.00859. The standard InChI is InChI=1S/C14H18ClNO/c15-12-7-4-8-13(9-12)17-10-14(16)11-5-2-1-3-6-11/h4-5,7-9,14H,1-3,6,10,16H2. The van der Waals surface area contributed by atoms with Gasteiger partial charge >= 0.3 is 0 Å². The van der Waals surface area contributed by atoms with Gasteiger partial charge in [0.25, 0.3) is 0 Å². The van der Waals surface area contributed by atoms with Gasteiger partial charge in [0.05, 0.1) is 6.04 Å². The van der Waals surface area contributed by atoms with Gasteiger partial charge in [0.1, 0.15) is 12.4 Å². The van der Waals surface area contributed by atoms with Crippen molar-refractivity contribution in [2.24, 2.45) is 5.73 Å². The fourth-order valence-electron chi connectivity index (χ4n) is 2.05. The van der Waals surface area contributed by atoms with Gasteiger partial charge in [-0.15, -0.1) is 0 Å². The lowest BCUT2D eigenvalue weighted by Gasteiger charge is -2.20. The van der Waals surface area contributed by atoms with Crippen molar-refractivity contribution >= 4 is 11.6 Å². The van der Waals surface area contributed by atoms with Crippen LogP contribution in [0, 0.1) is 0 Å². The summed E-state index contributed by atoms with van der Waals surface area (Å²) in [5, 5.41) is 0.688. The summed E-state index contributed by atoms with van der Waals surface area (Å²) in [5.41, 5.74) is 7.44. The Balaban J connectivity index is 1.87. The number of halogens is 1. The second kappa shape index (κ2) is 6.08. The van der Waals surface area contributed by atoms with E-state index in [9.17, 15) is 0 Å². The molecule has 0 aromatic heterocycles. The largest absolute Gasteiger partial charge is 0.492 e. The second-order valence-corrected chi connectivity index (χ2v) is 4.84. The van der Waals surface area contributed by atoms with Crippen LogP contribution in [-0.4, -0.2) is 12.6 Å². The number of allylic oxidation sites excluding steroid dienone is 1. The van der Waals surface area contributed by atoms with Crippen molar-refractivity contribution in [3.8, 4) is 5.75 Å². The summed E-state index contributed by atoms with van der Waals surface area (Å²) in [7, 11) is 0. The van der Waals surface area contributed by atoms with Gasteiger partial charge in [0.15, 0.2) is 0 Å². The Morgan fingerprint density at radius 3 is 2.94 bits per heavy atom. The Morgan fingerprint density at radius 1 is 1.35 bits per heavy atom. The van der Waals surface area contributed by atoms with Gasteiger partial charge < -0.3 is 10.5 Å². The Kier molecular flexibility index (Phi) is 4.46. The topological polar surface area (TPSA) is 35.2 Å². The molecule has 1 unspecified atom stereocenters. The number of hydrogen-bond donors (Lipinski definition) is 1. The molecule has 1 aliphatic carbocycles. The highest BCUT2D eigenvalue weighted by Crippen LogP contribution is 2.21. The van der Waals surface area contributed by atoms with E-state index in [4.69, 9.17) is 22.1 Å². The molecule has 0 aliphatic heterocycles. The van der Waals surface area contributed by atoms with Crippen LogP contribution in [0.25, 0.3) is 0 Å². The van der Waals surface area contributed by atoms with Crippen molar-refractivity contribution in [3.05, 3.63) is 40.9 Å². The number of nitrogens with two attached hydrogens (primary N) is 1. The van der Waals surface area contributed by atoms with E-state index < -0.39 is 0 Å². The van der Waals surface area contributed by atoms with Crippen LogP contribution in [0.2, 0.25) is 5.02 Å². The molecule has 17 heavy (non-hydrogen) atoms. The molecular weight excluding hydrogens is 234 g/mol. The summed E-state index contributed by atoms with van der Waals surface area (Å²) >= 11 is 5.89. The first kappa shape index (κ1) is 12.5. The van der Waals surface area contributed by atoms with Crippen molar-refractivity contribution in [1.82, 2.24) is 0 Å². The number of hydrogen-bond acceptors (Lipinski definition) is 2. The number of benzene rings is 1. The molecule has 1 aromatic carbocycles. The Morgan fingerprint density at radius 2 is 2.24 bits per heavy atom. The van der Waals surface area contributed by atoms with Crippen molar-refractivity contribution in [2.75, 3.05) is 6.61 Å². The molecule has 0 fully saturated rings. The van der Waals surface area contributed by atoms with Crippen LogP contribution in [0.3, 0.4) is 0 Å². The fraction of sp³-hybridized carbons (Fsp3) is 0.429. The van der Waals surface area contributed by atoms with E-state index in [1.54, 1.807) is 0 Å². The van der Waals surface area contributed by atoms with Gasteiger partial charge in [-0.3, -0.25) is 0 Å². The summed E-state index contributed by atoms with van der Waals surface area (Å²) < 4.78 is 5.65. The van der Waals surface area contributed by atoms with Gasteiger partial charge in [-0.1, -0.05) is 29.3 Å². The molecule has 0 saturated heterocycles. The first-order valence-corrected chi connectivity index (χ1v) is 6.46. The van der Waals surface area contributed by atoms with Crippen molar-refractivity contribution in [1.29, 1.82) is 0 Å². The van der Waals surface area contributed by atoms with E-state index in [2.05, 4.69) is 6.08 Å². The first-order chi connectivity index (χ1) is 8.25. The van der Waals surface area contributed by atoms with E-state index in [0.717, 1.165) is 18.6 Å². The highest BCUT2D eigenvalue weighted by atomic mass is 35.5. The minimum Gasteiger partial charge on any atom is -0.492 e. The van der Waals surface area contributed by atoms with Gasteiger partial charge in [-0.25, -0.2) is 0 Å². The second-order valence-electron chi connectivity index (χ2n) is 4.40. The zero-order chi connectivity index (χ0) is 12.1. The average Bonchev–Trinajstić information content (AvgIpc) is 2.37. The predicted octanol–water partition coefficient (Wildman–Crippen LogP) is 3.55. The van der Waals surface area contributed by atoms with E-state index in [0.29, 0.717) is 11.6 Å². The van der Waals surface area contributed by atoms with E-state index in [-0.39, 0.29) is 6.04 Å². The maximum atomic E-state index is 6.11. The minimum atomic E-state index is 0.00859. The van der Waals surface area contributed by atoms with Crippen molar-refractivity contribution in [2.45, 2.75) is 31.7 Å². The van der Waals surface area contributed by atoms with E-state index >= 15 is 0 Å². The fourth-order valence-corrected chi connectivity index (χ4v) is 2.23. The SMILES string of the molecule is NC(COc1cccc(Cl)c1)C1=CCCCC1. The number of rotatable bonds is 4. The van der Waals surface area contributed by atoms with Gasteiger partial charge in [0.2, 0.25) is 0 Å². The molecule has 0 heterocycles. The monoisotopic (exact) mass is 251 g/mol. The smallest absolute Gasteiger partial charge is 0.120 e. The lowest BCUT2D eigenvalue weighted by Crippen LogP contribution is -2.30. The zero-order valence-electron chi connectivity index (χ0n) is 9.86. The average molecular weight is 252 g/mol. The quantitative estimate of drug-likeness (QED) is 0.831. The molecule has 2 N–H and O–H groups in total. The summed E-state index contributed by atoms with van der Waals surface area (Å²) in [5.74, 6) is 0.782. The molecule has 92 valence electrons. The van der Waals surface area contributed by atoms with Crippen molar-refractivity contribution in [3.63, 3.8) is 0 Å². The van der Waals surface area contributed by atoms with Gasteiger partial charge in [0, 0.05) is 5.02 Å². The molecule has 0 saturated carbocycles. The molecular formula is C14H18ClNO. The van der Waals surface area contributed by atoms with Crippen LogP contribution < -0.4 is 10.5 Å². The summed E-state index contributed by atoms with van der Waals surface area (Å²) in [6.45, 7) is 0.520. The van der Waals surface area contributed by atoms with Crippen molar-refractivity contribution < 1.29 is 4.74 Å². The van der Waals surface area contributed by atoms with Crippen LogP contribution in [0.15, 0.2) is 35.9 Å². The normalized spacial score (nSPS) is 17.4. The Hall–Kier alpha value is -0.990. The summed E-state index contributed by atoms with van der Waals surface area (Å²) in [6, 6.07) is 7.42. The Bertz CT molecular complexity index is 403. The summed E-state index contributed by atoms with van der Waals surface area (Å²) in [4.78, 5) is 0. The molecule has 1 aromatic rings. The van der Waals surface area contributed by atoms with Gasteiger partial charge in [-0.05, 0) is 43.9 Å². The molecule has 0 amide bonds. The van der Waals surface area contributed by atoms with E-state index in [1.807, 2.05) is 24.3 Å². The van der Waals surface area contributed by atoms with Gasteiger partial charge in [-0.2, -0.15) is 0 Å². The lowest BCUT2D eigenvalue weighted by atomic mass is 9.95. The van der Waals surface area contributed by atoms with Crippen LogP contribution in [0.1, 0.15) is 25.7 Å². The maximum absolute atomic E-state index is 6.11. The molecule has 0 spiro atoms. The molecule has 2 rings (SSSR count). The van der Waals surface area contributed by atoms with Crippen LogP contribution in [-0.2, 0) is 0 Å². The van der Waals surface area contributed by atoms with Crippen LogP contribution in [0.5, 0.6) is 5.75 Å². The molecule has 0 radical (unpaired) electrons. The van der Waals surface area contributed by atoms with Crippen LogP contribution >= 0.6 is 11.6 Å². The zero-order valence-corrected chi connectivity index (χ0v) is 10.6. The van der Waals surface area contributed by atoms with Crippen LogP contribution in [0.4, 0.5) is 0 Å². The first-order valence-electron chi connectivity index (χ1n) is 6.08. The third kappa shape index (κ3) is 3.76. The molecule has 1 atom stereocenters. The Labute approximate surface area is 107 Å². The predicted molar refractivity (Wildman–Crippen MR) is 71.5 cm³/mol. The third-order valence-electron chi connectivity index (χ3n) is 3.03. The maximum Gasteiger partial charge on any atom is 0.120 e. The molecule has 0 bridgehead atoms. The lowest BCUT2D eigenvalue weighted by molar-refractivity contribution is 0.298. The number of ether oxygens (including phenoxy) is 1. The summed E-state index contributed by atoms with van der Waals surface area (Å²) in [6.07, 6.45) is 7.05. The molecule has 1 aliphatic rings. The molecule has 3 heteroatoms. The highest BCUT2D eigenvalue weighted by Gasteiger charge is 2.12. The van der Waals surface area contributed by atoms with E-state index in [1.165, 1.54) is 18.4 Å².